The molecule has 0 unspecified atom stereocenters. The molecule has 0 saturated carbocycles. The maximum Gasteiger partial charge on any atom is 0.274 e. The first-order chi connectivity index (χ1) is 11.1. The number of H-pyrrole nitrogens is 1. The summed E-state index contributed by atoms with van der Waals surface area (Å²) in [6.45, 7) is 1.98. The zero-order valence-corrected chi connectivity index (χ0v) is 12.3. The highest BCUT2D eigenvalue weighted by molar-refractivity contribution is 6.03. The van der Waals surface area contributed by atoms with Crippen molar-refractivity contribution in [3.05, 3.63) is 57.8 Å². The van der Waals surface area contributed by atoms with Gasteiger partial charge in [-0.1, -0.05) is 25.5 Å². The molecule has 8 heteroatoms. The zero-order valence-electron chi connectivity index (χ0n) is 12.3. The van der Waals surface area contributed by atoms with Crippen LogP contribution < -0.4 is 10.9 Å². The fourth-order valence-electron chi connectivity index (χ4n) is 2.19. The first-order valence-corrected chi connectivity index (χ1v) is 7.13. The van der Waals surface area contributed by atoms with Crippen LogP contribution in [-0.4, -0.2) is 25.5 Å². The normalized spacial score (nSPS) is 10.9. The number of hydrogen-bond donors (Lipinski definition) is 2. The Morgan fingerprint density at radius 2 is 2.13 bits per heavy atom. The summed E-state index contributed by atoms with van der Waals surface area (Å²) in [6, 6.07) is 7.01. The van der Waals surface area contributed by atoms with E-state index in [9.17, 15) is 14.0 Å². The van der Waals surface area contributed by atoms with Crippen LogP contribution in [0.15, 0.2) is 35.1 Å². The van der Waals surface area contributed by atoms with Gasteiger partial charge in [0.15, 0.2) is 0 Å². The van der Waals surface area contributed by atoms with E-state index >= 15 is 0 Å². The third kappa shape index (κ3) is 2.96. The van der Waals surface area contributed by atoms with E-state index in [0.29, 0.717) is 12.1 Å². The van der Waals surface area contributed by atoms with Crippen LogP contribution >= 0.6 is 0 Å². The molecule has 1 amide bonds. The van der Waals surface area contributed by atoms with Crippen LogP contribution in [0.1, 0.15) is 29.4 Å². The molecule has 3 rings (SSSR count). The molecular formula is C15H14FN5O2. The fourth-order valence-corrected chi connectivity index (χ4v) is 2.19. The minimum Gasteiger partial charge on any atom is -0.291 e. The Balaban J connectivity index is 1.92. The molecule has 2 heterocycles. The second-order valence-corrected chi connectivity index (χ2v) is 4.98. The van der Waals surface area contributed by atoms with Gasteiger partial charge in [0.25, 0.3) is 17.2 Å². The average Bonchev–Trinajstić information content (AvgIpc) is 2.91. The summed E-state index contributed by atoms with van der Waals surface area (Å²) in [4.78, 5) is 32.3. The van der Waals surface area contributed by atoms with Gasteiger partial charge >= 0.3 is 0 Å². The van der Waals surface area contributed by atoms with E-state index in [1.165, 1.54) is 24.3 Å². The highest BCUT2D eigenvalue weighted by atomic mass is 19.1. The third-order valence-corrected chi connectivity index (χ3v) is 3.24. The molecule has 0 saturated heterocycles. The number of aromatic nitrogens is 4. The van der Waals surface area contributed by atoms with Crippen molar-refractivity contribution in [2.24, 2.45) is 0 Å². The van der Waals surface area contributed by atoms with Crippen molar-refractivity contribution in [1.29, 1.82) is 0 Å². The number of benzene rings is 1. The summed E-state index contributed by atoms with van der Waals surface area (Å²) in [5, 5.41) is 5.05. The van der Waals surface area contributed by atoms with Crippen molar-refractivity contribution in [1.82, 2.24) is 19.6 Å². The number of halogens is 1. The number of amides is 1. The van der Waals surface area contributed by atoms with Crippen molar-refractivity contribution >= 4 is 17.6 Å². The number of aryl methyl sites for hydroxylation is 1. The van der Waals surface area contributed by atoms with Crippen molar-refractivity contribution in [2.45, 2.75) is 19.8 Å². The standard InChI is InChI=1S/C15H14FN5O2/c1-2-5-9-8-12(22)21-15(17-9)19-14(20-21)18-13(23)10-6-3-4-7-11(10)16/h3-4,6-8H,2,5H2,1H3,(H2,17,18,19,20,23). The molecule has 0 fully saturated rings. The third-order valence-electron chi connectivity index (χ3n) is 3.24. The van der Waals surface area contributed by atoms with E-state index in [1.807, 2.05) is 6.92 Å². The van der Waals surface area contributed by atoms with E-state index in [0.717, 1.165) is 10.9 Å². The quantitative estimate of drug-likeness (QED) is 0.767. The maximum absolute atomic E-state index is 13.6. The molecular weight excluding hydrogens is 301 g/mol. The van der Waals surface area contributed by atoms with Crippen LogP contribution in [0.2, 0.25) is 0 Å². The number of nitrogens with zero attached hydrogens (tertiary/aromatic N) is 3. The molecule has 1 aromatic carbocycles. The zero-order chi connectivity index (χ0) is 16.4. The predicted octanol–water partition coefficient (Wildman–Crippen LogP) is 1.76. The van der Waals surface area contributed by atoms with Crippen LogP contribution in [-0.2, 0) is 6.42 Å². The fraction of sp³-hybridized carbons (Fsp3) is 0.200. The summed E-state index contributed by atoms with van der Waals surface area (Å²) in [6.07, 6.45) is 1.51. The highest BCUT2D eigenvalue weighted by Crippen LogP contribution is 2.09. The number of carbonyl (C=O) groups excluding carboxylic acids is 1. The predicted molar refractivity (Wildman–Crippen MR) is 82.0 cm³/mol. The van der Waals surface area contributed by atoms with E-state index in [-0.39, 0.29) is 22.8 Å². The number of hydrogen-bond acceptors (Lipinski definition) is 4. The minimum absolute atomic E-state index is 0.0245. The number of rotatable bonds is 4. The number of fused-ring (bicyclic) bond motifs is 1. The molecule has 0 spiro atoms. The Labute approximate surface area is 130 Å². The van der Waals surface area contributed by atoms with Gasteiger partial charge in [0, 0.05) is 6.07 Å². The van der Waals surface area contributed by atoms with Crippen LogP contribution in [0.5, 0.6) is 0 Å². The van der Waals surface area contributed by atoms with E-state index in [4.69, 9.17) is 0 Å². The van der Waals surface area contributed by atoms with Crippen LogP contribution in [0, 0.1) is 5.82 Å². The Bertz CT molecular complexity index is 931. The molecule has 2 aromatic heterocycles. The van der Waals surface area contributed by atoms with Crippen molar-refractivity contribution in [3.63, 3.8) is 0 Å². The second-order valence-electron chi connectivity index (χ2n) is 4.98. The monoisotopic (exact) mass is 315 g/mol. The van der Waals surface area contributed by atoms with Crippen molar-refractivity contribution in [2.75, 3.05) is 5.32 Å². The summed E-state index contributed by atoms with van der Waals surface area (Å²) in [5.74, 6) is -1.12. The lowest BCUT2D eigenvalue weighted by Crippen LogP contribution is -2.17. The Kier molecular flexibility index (Phi) is 3.88. The first kappa shape index (κ1) is 14.9. The van der Waals surface area contributed by atoms with Crippen molar-refractivity contribution in [3.8, 4) is 0 Å². The summed E-state index contributed by atoms with van der Waals surface area (Å²) < 4.78 is 14.7. The molecule has 0 radical (unpaired) electrons. The number of anilines is 1. The van der Waals surface area contributed by atoms with Crippen LogP contribution in [0.4, 0.5) is 10.3 Å². The molecule has 7 nitrogen and oxygen atoms in total. The summed E-state index contributed by atoms with van der Waals surface area (Å²) >= 11 is 0. The van der Waals surface area contributed by atoms with Gasteiger partial charge in [-0.05, 0) is 18.6 Å². The molecule has 0 aliphatic carbocycles. The van der Waals surface area contributed by atoms with Gasteiger partial charge < -0.3 is 0 Å². The average molecular weight is 315 g/mol. The minimum atomic E-state index is -0.663. The SMILES string of the molecule is CCCc1cc(=O)n2[nH]c(NC(=O)c3ccccc3F)nc2n1. The molecule has 2 N–H and O–H groups in total. The van der Waals surface area contributed by atoms with Gasteiger partial charge in [-0.15, -0.1) is 0 Å². The Hall–Kier alpha value is -3.03. The second kappa shape index (κ2) is 5.99. The van der Waals surface area contributed by atoms with Gasteiger partial charge in [-0.2, -0.15) is 9.50 Å². The number of nitrogens with one attached hydrogen (secondary N) is 2. The molecule has 0 bridgehead atoms. The lowest BCUT2D eigenvalue weighted by atomic mass is 10.2. The maximum atomic E-state index is 13.6. The summed E-state index contributed by atoms with van der Waals surface area (Å²) in [5.41, 5.74) is 0.202. The highest BCUT2D eigenvalue weighted by Gasteiger charge is 2.14. The van der Waals surface area contributed by atoms with Crippen LogP contribution in [0.25, 0.3) is 5.78 Å². The smallest absolute Gasteiger partial charge is 0.274 e. The largest absolute Gasteiger partial charge is 0.291 e. The Morgan fingerprint density at radius 3 is 2.87 bits per heavy atom. The first-order valence-electron chi connectivity index (χ1n) is 7.13. The van der Waals surface area contributed by atoms with Gasteiger partial charge in [0.1, 0.15) is 5.82 Å². The molecule has 23 heavy (non-hydrogen) atoms. The van der Waals surface area contributed by atoms with Crippen molar-refractivity contribution < 1.29 is 9.18 Å². The Morgan fingerprint density at radius 1 is 1.35 bits per heavy atom. The van der Waals surface area contributed by atoms with E-state index in [2.05, 4.69) is 20.4 Å². The number of aromatic amines is 1. The molecule has 0 aliphatic heterocycles. The van der Waals surface area contributed by atoms with Crippen LogP contribution in [0.3, 0.4) is 0 Å². The van der Waals surface area contributed by atoms with Gasteiger partial charge in [-0.25, -0.2) is 9.37 Å². The van der Waals surface area contributed by atoms with E-state index < -0.39 is 11.7 Å². The number of carbonyl (C=O) groups is 1. The molecule has 0 aliphatic rings. The van der Waals surface area contributed by atoms with E-state index in [1.54, 1.807) is 6.07 Å². The molecule has 0 atom stereocenters. The lowest BCUT2D eigenvalue weighted by Gasteiger charge is -2.01. The topological polar surface area (TPSA) is 92.2 Å². The summed E-state index contributed by atoms with van der Waals surface area (Å²) in [7, 11) is 0. The molecule has 118 valence electrons. The van der Waals surface area contributed by atoms with Gasteiger partial charge in [0.05, 0.1) is 11.3 Å². The van der Waals surface area contributed by atoms with Gasteiger partial charge in [-0.3, -0.25) is 20.0 Å². The lowest BCUT2D eigenvalue weighted by molar-refractivity contribution is 0.102. The van der Waals surface area contributed by atoms with Gasteiger partial charge in [0.2, 0.25) is 5.95 Å². The molecule has 3 aromatic rings.